The minimum Gasteiger partial charge on any atom is -0.473 e. The maximum absolute atomic E-state index is 4.58. The van der Waals surface area contributed by atoms with Crippen LogP contribution in [0.3, 0.4) is 0 Å². The first-order valence-electron chi connectivity index (χ1n) is 36.2. The highest BCUT2D eigenvalue weighted by molar-refractivity contribution is 7.16. The lowest BCUT2D eigenvalue weighted by Crippen LogP contribution is -2.37. The number of hydrogen-bond donors (Lipinski definition) is 2. The Morgan fingerprint density at radius 3 is 1.56 bits per heavy atom. The number of nitrogens with one attached hydrogen (secondary N) is 2. The predicted molar refractivity (Wildman–Crippen MR) is 495 cm³/mol. The van der Waals surface area contributed by atoms with Crippen LogP contribution in [0.5, 0.6) is 0 Å². The van der Waals surface area contributed by atoms with Gasteiger partial charge in [-0.2, -0.15) is 26.6 Å². The summed E-state index contributed by atoms with van der Waals surface area (Å²) in [6.07, 6.45) is 67.3. The Bertz CT molecular complexity index is 4990. The van der Waals surface area contributed by atoms with Crippen LogP contribution in [-0.2, 0) is 0 Å². The van der Waals surface area contributed by atoms with E-state index in [0.29, 0.717) is 0 Å². The minimum absolute atomic E-state index is 0. The highest BCUT2D eigenvalue weighted by atomic mass is 32.1. The smallest absolute Gasteiger partial charge is 0.345 e. The van der Waals surface area contributed by atoms with Gasteiger partial charge in [-0.1, -0.05) is 168 Å². The number of hydrogen-bond acceptors (Lipinski definition) is 24. The normalized spacial score (nSPS) is 10.7. The highest BCUT2D eigenvalue weighted by Gasteiger charge is 2.03. The SMILES string of the molecule is C.C.C.C.C.C1=CN=CC1.C1=CN=CC1.C1=[n+]2ccncc2=NC1.C1=[n+]2ncccc2=NC1.C1=c2ccccc2=CC1.C1=c2nccc[n+]2=NC1.c1ccc2[nH]ccc2c1.c1ccc2[nH]ncc2c1.c1ccc2scnc2c1.c1ccncc1.c1ccnnc1.c1ccoc1.c1ccsc1.c1cnccn1.c1cncnc1.c1cocn1.c1cscn1. The molecule has 624 valence electrons. The monoisotopic (exact) mass is 1690 g/mol. The fourth-order valence-corrected chi connectivity index (χ4v) is 10.4. The summed E-state index contributed by atoms with van der Waals surface area (Å²) in [5.41, 5.74) is 9.88. The molecule has 0 saturated carbocycles. The summed E-state index contributed by atoms with van der Waals surface area (Å²) in [5.74, 6) is 0. The van der Waals surface area contributed by atoms with Crippen molar-refractivity contribution in [3.05, 3.63) is 428 Å². The van der Waals surface area contributed by atoms with Crippen LogP contribution in [0.2, 0.25) is 0 Å². The second-order valence-electron chi connectivity index (χ2n) is 22.3. The van der Waals surface area contributed by atoms with Gasteiger partial charge in [0, 0.05) is 147 Å². The molecular weight excluding hydrogens is 1580 g/mol. The topological polar surface area (TPSA) is 318 Å². The average molecular weight is 1690 g/mol. The first kappa shape index (κ1) is 101. The van der Waals surface area contributed by atoms with Gasteiger partial charge in [-0.05, 0) is 117 Å². The van der Waals surface area contributed by atoms with Gasteiger partial charge in [0.1, 0.15) is 56.4 Å². The molecule has 0 saturated heterocycles. The molecule has 0 atom stereocenters. The summed E-state index contributed by atoms with van der Waals surface area (Å²) in [5, 5.41) is 33.2. The summed E-state index contributed by atoms with van der Waals surface area (Å²) < 4.78 is 15.8. The van der Waals surface area contributed by atoms with Gasteiger partial charge < -0.3 is 13.8 Å². The zero-order valence-corrected chi connectivity index (χ0v) is 66.1. The van der Waals surface area contributed by atoms with Gasteiger partial charge in [0.05, 0.1) is 64.1 Å². The molecule has 6 aliphatic rings. The van der Waals surface area contributed by atoms with Crippen molar-refractivity contribution in [3.8, 4) is 0 Å². The highest BCUT2D eigenvalue weighted by Crippen LogP contribution is 2.15. The van der Waals surface area contributed by atoms with Gasteiger partial charge in [0.25, 0.3) is 0 Å². The zero-order chi connectivity index (χ0) is 80.9. The number of aromatic amines is 2. The molecule has 0 amide bonds. The Hall–Kier alpha value is -15.2. The number of nitrogens with zero attached hydrogens (tertiary/aromatic N) is 22. The Labute approximate surface area is 723 Å². The molecule has 5 aliphatic heterocycles. The first-order chi connectivity index (χ1) is 58.3. The van der Waals surface area contributed by atoms with Crippen LogP contribution < -0.4 is 39.9 Å². The molecule has 2 N–H and O–H groups in total. The number of para-hydroxylation sites is 3. The number of allylic oxidation sites excluding steroid dienone is 2. The predicted octanol–water partition coefficient (Wildman–Crippen LogP) is 16.4. The zero-order valence-electron chi connectivity index (χ0n) is 63.6. The Kier molecular flexibility index (Phi) is 57.1. The third-order valence-electron chi connectivity index (χ3n) is 14.2. The molecule has 122 heavy (non-hydrogen) atoms. The van der Waals surface area contributed by atoms with E-state index in [-0.39, 0.29) is 37.1 Å². The van der Waals surface area contributed by atoms with Crippen molar-refractivity contribution in [2.75, 3.05) is 19.6 Å². The lowest BCUT2D eigenvalue weighted by molar-refractivity contribution is -0.589. The van der Waals surface area contributed by atoms with Gasteiger partial charge in [0.2, 0.25) is 0 Å². The van der Waals surface area contributed by atoms with Crippen molar-refractivity contribution >= 4 is 96.7 Å². The molecule has 19 heterocycles. The van der Waals surface area contributed by atoms with Crippen LogP contribution in [0, 0.1) is 12.4 Å². The van der Waals surface area contributed by atoms with Gasteiger partial charge in [-0.3, -0.25) is 40.0 Å². The van der Waals surface area contributed by atoms with Crippen LogP contribution in [0.1, 0.15) is 56.4 Å². The Balaban J connectivity index is 0.000000336. The third-order valence-corrected chi connectivity index (χ3v) is 16.1. The van der Waals surface area contributed by atoms with E-state index in [1.807, 2.05) is 221 Å². The van der Waals surface area contributed by atoms with Crippen LogP contribution in [-0.4, -0.2) is 112 Å². The number of thiazole rings is 2. The lowest BCUT2D eigenvalue weighted by atomic mass is 10.3. The Morgan fingerprint density at radius 1 is 0.410 bits per heavy atom. The van der Waals surface area contributed by atoms with Crippen molar-refractivity contribution in [3.63, 3.8) is 0 Å². The number of fused-ring (bicyclic) bond motifs is 7. The fourth-order valence-electron chi connectivity index (χ4n) is 8.93. The summed E-state index contributed by atoms with van der Waals surface area (Å²) in [4.78, 5) is 57.0. The standard InChI is InChI=1S/C9H8.C8H7N.C7H6N2.C7H5NS.3C6H6N3.C5H5N.3C4H4N2.2C4H5N.C4H4O.C4H4S.C3H3NO.C3H3NS.5CH4/c1-2-5-9-7-3-6-8(9)4-1;1-2-4-8-7(3-1)5-6-9-8;1-2-4-7-6(3-1)5-8-9-7;1-2-4-7-6(3-1)8-5-9-7;1-3-9-4-2-8-6(9)5-7-1;1-3-7-6-2-4-8-9(6)5-1;1-2-6-7-4-5-9(6)8-3-1;1-2-4-6-5-3-1;1-2-6-4-3-5-1;1-2-5-4-6-3-1;1-2-4-6-5-3-1;4*1-2-4-5-3-1;2*1-2-5-3-4-1;;;;;/h1-2,4-7H,3H2;1-6,9H;1-5H,(H,8,9);1-5H;1,3-5H,2H2;2*1-3,5H,4H2;1-5H;3*1-4H;2*1,3-4H,2H2;2*1-4H;2*1-3H;5*1H4/q;;;;3*+1;;;;;;;;;;;;;;;. The number of rotatable bonds is 0. The number of benzene rings is 4. The molecule has 14 aromatic heterocycles. The van der Waals surface area contributed by atoms with Crippen LogP contribution in [0.25, 0.3) is 50.3 Å². The van der Waals surface area contributed by atoms with E-state index >= 15 is 0 Å². The molecule has 24 rings (SSSR count). The molecule has 0 unspecified atom stereocenters. The molecule has 0 fully saturated rings. The van der Waals surface area contributed by atoms with Gasteiger partial charge in [0.15, 0.2) is 19.5 Å². The molecular formula is C93H105N24O2S3+3. The molecule has 0 spiro atoms. The number of pyridine rings is 1. The third kappa shape index (κ3) is 45.3. The summed E-state index contributed by atoms with van der Waals surface area (Å²) >= 11 is 4.99. The second-order valence-corrected chi connectivity index (χ2v) is 24.7. The number of thiophene rings is 1. The maximum atomic E-state index is 4.58. The average Bonchev–Trinajstić information content (AvgIpc) is 1.79. The van der Waals surface area contributed by atoms with Gasteiger partial charge in [-0.15, -0.1) is 36.5 Å². The fraction of sp³-hybridized carbons (Fsp3) is 0.118. The van der Waals surface area contributed by atoms with Crippen LogP contribution in [0.4, 0.5) is 0 Å². The molecule has 18 aromatic rings. The van der Waals surface area contributed by atoms with Crippen molar-refractivity contribution in [2.45, 2.75) is 56.4 Å². The van der Waals surface area contributed by atoms with E-state index in [0.717, 1.165) is 71.8 Å². The van der Waals surface area contributed by atoms with Crippen molar-refractivity contribution in [1.82, 2.24) is 80.3 Å². The van der Waals surface area contributed by atoms with Gasteiger partial charge in [-0.25, -0.2) is 24.2 Å². The van der Waals surface area contributed by atoms with E-state index in [9.17, 15) is 0 Å². The molecule has 0 radical (unpaired) electrons. The molecule has 1 aliphatic carbocycles. The van der Waals surface area contributed by atoms with Crippen LogP contribution in [0.15, 0.2) is 423 Å². The van der Waals surface area contributed by atoms with Crippen molar-refractivity contribution < 1.29 is 21.8 Å². The van der Waals surface area contributed by atoms with E-state index in [2.05, 4.69) is 175 Å². The number of furan rings is 1. The molecule has 0 bridgehead atoms. The molecule has 26 nitrogen and oxygen atoms in total. The Morgan fingerprint density at radius 2 is 1.07 bits per heavy atom. The second kappa shape index (κ2) is 69.0. The summed E-state index contributed by atoms with van der Waals surface area (Å²) in [6, 6.07) is 59.4. The number of oxazole rings is 1. The molecule has 4 aromatic carbocycles. The van der Waals surface area contributed by atoms with Crippen molar-refractivity contribution in [2.24, 2.45) is 25.1 Å². The lowest BCUT2D eigenvalue weighted by Gasteiger charge is -1.83. The molecule has 29 heteroatoms. The maximum Gasteiger partial charge on any atom is 0.345 e. The number of aromatic nitrogens is 19. The van der Waals surface area contributed by atoms with Gasteiger partial charge >= 0.3 is 16.5 Å². The quantitative estimate of drug-likeness (QED) is 0.133. The largest absolute Gasteiger partial charge is 0.473 e. The summed E-state index contributed by atoms with van der Waals surface area (Å²) in [7, 11) is 0. The van der Waals surface area contributed by atoms with E-state index in [1.54, 1.807) is 178 Å². The van der Waals surface area contributed by atoms with Crippen LogP contribution >= 0.6 is 34.0 Å². The first-order valence-corrected chi connectivity index (χ1v) is 39.0. The number of H-pyrrole nitrogens is 2. The van der Waals surface area contributed by atoms with Crippen molar-refractivity contribution in [1.29, 1.82) is 0 Å². The summed E-state index contributed by atoms with van der Waals surface area (Å²) in [6.45, 7) is 2.31. The van der Waals surface area contributed by atoms with E-state index < -0.39 is 0 Å². The van der Waals surface area contributed by atoms with E-state index in [4.69, 9.17) is 0 Å². The minimum atomic E-state index is 0. The van der Waals surface area contributed by atoms with E-state index in [1.165, 1.54) is 45.0 Å². The number of aliphatic imine (C=N–C) groups is 2.